The maximum Gasteiger partial charge on any atom is 0.251 e. The van der Waals surface area contributed by atoms with E-state index in [4.69, 9.17) is 11.6 Å². The molecule has 2 amide bonds. The zero-order valence-corrected chi connectivity index (χ0v) is 19.5. The van der Waals surface area contributed by atoms with Crippen LogP contribution in [0.1, 0.15) is 62.7 Å². The molecule has 1 aromatic rings. The Labute approximate surface area is 190 Å². The molecular formula is C26H33ClN2O2. The third-order valence-corrected chi connectivity index (χ3v) is 9.79. The molecule has 3 fully saturated rings. The number of carbonyl (C=O) groups excluding carboxylic acids is 2. The zero-order valence-electron chi connectivity index (χ0n) is 18.7. The Morgan fingerprint density at radius 1 is 1.06 bits per heavy atom. The van der Waals surface area contributed by atoms with E-state index in [1.165, 1.54) is 19.3 Å². The lowest BCUT2D eigenvalue weighted by molar-refractivity contribution is -0.138. The summed E-state index contributed by atoms with van der Waals surface area (Å²) in [5.74, 6) is 2.07. The predicted octanol–water partition coefficient (Wildman–Crippen LogP) is 5.08. The quantitative estimate of drug-likeness (QED) is 0.697. The molecule has 0 spiro atoms. The van der Waals surface area contributed by atoms with Crippen LogP contribution in [0, 0.1) is 28.6 Å². The molecule has 4 nitrogen and oxygen atoms in total. The fourth-order valence-electron chi connectivity index (χ4n) is 7.82. The predicted molar refractivity (Wildman–Crippen MR) is 123 cm³/mol. The number of fused-ring (bicyclic) bond motifs is 5. The van der Waals surface area contributed by atoms with Crippen LogP contribution in [0.4, 0.5) is 0 Å². The van der Waals surface area contributed by atoms with Crippen molar-refractivity contribution in [3.63, 3.8) is 0 Å². The SMILES string of the molecule is CN1C(=O)C=C[C@@]2(C)C1CC[C@@H]1[C@H]2CC[C@]2(C)C(NC(=O)c3ccc(Cl)cc3)CC[C@@H]12. The lowest BCUT2D eigenvalue weighted by atomic mass is 9.48. The van der Waals surface area contributed by atoms with Crippen LogP contribution in [0.15, 0.2) is 36.4 Å². The average Bonchev–Trinajstić information content (AvgIpc) is 3.08. The summed E-state index contributed by atoms with van der Waals surface area (Å²) in [6.45, 7) is 4.79. The van der Waals surface area contributed by atoms with Crippen molar-refractivity contribution in [2.24, 2.45) is 28.6 Å². The van der Waals surface area contributed by atoms with Gasteiger partial charge in [-0.15, -0.1) is 0 Å². The summed E-state index contributed by atoms with van der Waals surface area (Å²) >= 11 is 5.98. The number of hydrogen-bond donors (Lipinski definition) is 1. The van der Waals surface area contributed by atoms with E-state index >= 15 is 0 Å². The largest absolute Gasteiger partial charge is 0.349 e. The van der Waals surface area contributed by atoms with E-state index in [1.807, 2.05) is 11.9 Å². The Bertz CT molecular complexity index is 928. The van der Waals surface area contributed by atoms with Gasteiger partial charge in [-0.3, -0.25) is 9.59 Å². The molecule has 7 atom stereocenters. The van der Waals surface area contributed by atoms with E-state index in [1.54, 1.807) is 30.3 Å². The molecule has 1 N–H and O–H groups in total. The Hall–Kier alpha value is -1.81. The third-order valence-electron chi connectivity index (χ3n) is 9.54. The molecule has 3 aliphatic carbocycles. The van der Waals surface area contributed by atoms with Crippen molar-refractivity contribution in [1.29, 1.82) is 0 Å². The second-order valence-electron chi connectivity index (χ2n) is 10.8. The summed E-state index contributed by atoms with van der Waals surface area (Å²) in [5, 5.41) is 4.03. The van der Waals surface area contributed by atoms with Gasteiger partial charge in [0.2, 0.25) is 5.91 Å². The van der Waals surface area contributed by atoms with Gasteiger partial charge in [0.15, 0.2) is 0 Å². The maximum absolute atomic E-state index is 12.9. The van der Waals surface area contributed by atoms with Crippen molar-refractivity contribution in [1.82, 2.24) is 10.2 Å². The Morgan fingerprint density at radius 3 is 2.55 bits per heavy atom. The molecule has 3 saturated carbocycles. The second kappa shape index (κ2) is 7.37. The van der Waals surface area contributed by atoms with Crippen molar-refractivity contribution in [3.05, 3.63) is 47.0 Å². The first-order valence-electron chi connectivity index (χ1n) is 11.8. The van der Waals surface area contributed by atoms with Crippen LogP contribution < -0.4 is 5.32 Å². The van der Waals surface area contributed by atoms with Crippen LogP contribution >= 0.6 is 11.6 Å². The van der Waals surface area contributed by atoms with E-state index < -0.39 is 0 Å². The number of carbonyl (C=O) groups is 2. The van der Waals surface area contributed by atoms with Crippen molar-refractivity contribution in [2.45, 2.75) is 64.5 Å². The normalized spacial score (nSPS) is 41.4. The minimum Gasteiger partial charge on any atom is -0.349 e. The lowest BCUT2D eigenvalue weighted by Crippen LogP contribution is -2.60. The summed E-state index contributed by atoms with van der Waals surface area (Å²) in [7, 11) is 1.97. The summed E-state index contributed by atoms with van der Waals surface area (Å²) in [4.78, 5) is 27.2. The molecule has 0 saturated heterocycles. The fraction of sp³-hybridized carbons (Fsp3) is 0.615. The van der Waals surface area contributed by atoms with Gasteiger partial charge < -0.3 is 10.2 Å². The highest BCUT2D eigenvalue weighted by Crippen LogP contribution is 2.63. The summed E-state index contributed by atoms with van der Waals surface area (Å²) < 4.78 is 0. The number of likely N-dealkylation sites (N-methyl/N-ethyl adjacent to an activating group) is 1. The summed E-state index contributed by atoms with van der Waals surface area (Å²) in [5.41, 5.74) is 0.891. The minimum absolute atomic E-state index is 0.0108. The molecule has 166 valence electrons. The van der Waals surface area contributed by atoms with Crippen molar-refractivity contribution >= 4 is 23.4 Å². The Kier molecular flexibility index (Phi) is 5.00. The number of benzene rings is 1. The second-order valence-corrected chi connectivity index (χ2v) is 11.2. The third kappa shape index (κ3) is 3.16. The monoisotopic (exact) mass is 440 g/mol. The van der Waals surface area contributed by atoms with E-state index in [0.29, 0.717) is 34.4 Å². The van der Waals surface area contributed by atoms with Gasteiger partial charge >= 0.3 is 0 Å². The van der Waals surface area contributed by atoms with Crippen LogP contribution in [-0.4, -0.2) is 35.8 Å². The van der Waals surface area contributed by atoms with Crippen molar-refractivity contribution in [3.8, 4) is 0 Å². The molecule has 5 heteroatoms. The van der Waals surface area contributed by atoms with Crippen LogP contribution in [0.25, 0.3) is 0 Å². The molecule has 1 aromatic carbocycles. The first kappa shape index (κ1) is 21.1. The molecule has 5 rings (SSSR count). The molecule has 1 aliphatic heterocycles. The van der Waals surface area contributed by atoms with E-state index in [0.717, 1.165) is 19.3 Å². The van der Waals surface area contributed by atoms with E-state index in [-0.39, 0.29) is 28.7 Å². The molecule has 1 heterocycles. The average molecular weight is 441 g/mol. The summed E-state index contributed by atoms with van der Waals surface area (Å²) in [6, 6.07) is 7.70. The van der Waals surface area contributed by atoms with Gasteiger partial charge in [-0.25, -0.2) is 0 Å². The molecule has 0 radical (unpaired) electrons. The number of rotatable bonds is 2. The van der Waals surface area contributed by atoms with E-state index in [2.05, 4.69) is 25.2 Å². The number of nitrogens with zero attached hydrogens (tertiary/aromatic N) is 1. The number of nitrogens with one attached hydrogen (secondary N) is 1. The van der Waals surface area contributed by atoms with Crippen LogP contribution in [0.5, 0.6) is 0 Å². The van der Waals surface area contributed by atoms with Crippen LogP contribution in [0.3, 0.4) is 0 Å². The zero-order chi connectivity index (χ0) is 22.0. The minimum atomic E-state index is 0.0108. The van der Waals surface area contributed by atoms with Crippen molar-refractivity contribution < 1.29 is 9.59 Å². The number of hydrogen-bond acceptors (Lipinski definition) is 2. The van der Waals surface area contributed by atoms with Gasteiger partial charge in [-0.1, -0.05) is 31.5 Å². The van der Waals surface area contributed by atoms with Crippen LogP contribution in [0.2, 0.25) is 5.02 Å². The Morgan fingerprint density at radius 2 is 1.81 bits per heavy atom. The first-order chi connectivity index (χ1) is 14.7. The highest BCUT2D eigenvalue weighted by molar-refractivity contribution is 6.30. The first-order valence-corrected chi connectivity index (χ1v) is 12.1. The molecule has 31 heavy (non-hydrogen) atoms. The lowest BCUT2D eigenvalue weighted by Gasteiger charge is -2.60. The topological polar surface area (TPSA) is 49.4 Å². The van der Waals surface area contributed by atoms with Crippen molar-refractivity contribution in [2.75, 3.05) is 7.05 Å². The Balaban J connectivity index is 1.36. The van der Waals surface area contributed by atoms with Gasteiger partial charge in [0.25, 0.3) is 5.91 Å². The molecular weight excluding hydrogens is 408 g/mol. The van der Waals surface area contributed by atoms with Gasteiger partial charge in [-0.2, -0.15) is 0 Å². The molecule has 2 unspecified atom stereocenters. The molecule has 4 aliphatic rings. The summed E-state index contributed by atoms with van der Waals surface area (Å²) in [6.07, 6.45) is 10.8. The standard InChI is InChI=1S/C26H33ClN2O2/c1-25-14-12-20-18(8-11-22-26(20,2)15-13-23(30)29(22)3)19(25)9-10-21(25)28-24(31)16-4-6-17(27)7-5-16/h4-7,13,15,18-22H,8-12,14H2,1-3H3,(H,28,31)/t18-,19-,20+,21?,22?,25-,26+/m0/s1. The fourth-order valence-corrected chi connectivity index (χ4v) is 7.94. The maximum atomic E-state index is 12.9. The van der Waals surface area contributed by atoms with Gasteiger partial charge in [-0.05, 0) is 92.0 Å². The van der Waals surface area contributed by atoms with Gasteiger partial charge in [0.1, 0.15) is 0 Å². The van der Waals surface area contributed by atoms with Gasteiger partial charge in [0, 0.05) is 35.1 Å². The highest BCUT2D eigenvalue weighted by Gasteiger charge is 2.60. The molecule has 0 bridgehead atoms. The molecule has 0 aromatic heterocycles. The smallest absolute Gasteiger partial charge is 0.251 e. The van der Waals surface area contributed by atoms with E-state index in [9.17, 15) is 9.59 Å². The van der Waals surface area contributed by atoms with Crippen LogP contribution in [-0.2, 0) is 4.79 Å². The highest BCUT2D eigenvalue weighted by atomic mass is 35.5. The number of halogens is 1. The van der Waals surface area contributed by atoms with Gasteiger partial charge in [0.05, 0.1) is 0 Å². The number of amides is 2.